The minimum Gasteiger partial charge on any atom is -0.493 e. The average Bonchev–Trinajstić information content (AvgIpc) is 2.66. The van der Waals surface area contributed by atoms with Crippen molar-refractivity contribution in [3.05, 3.63) is 17.7 Å². The van der Waals surface area contributed by atoms with Crippen molar-refractivity contribution in [2.24, 2.45) is 0 Å². The summed E-state index contributed by atoms with van der Waals surface area (Å²) in [5.74, 6) is 1.84. The molecule has 2 rings (SSSR count). The molecule has 1 heterocycles. The predicted octanol–water partition coefficient (Wildman–Crippen LogP) is 0.666. The smallest absolute Gasteiger partial charge is 0.220 e. The summed E-state index contributed by atoms with van der Waals surface area (Å²) in [6, 6.07) is 3.74. The van der Waals surface area contributed by atoms with Crippen molar-refractivity contribution in [1.82, 2.24) is 15.5 Å². The highest BCUT2D eigenvalue weighted by Gasteiger charge is 2.16. The Hall–Kier alpha value is -1.99. The summed E-state index contributed by atoms with van der Waals surface area (Å²) in [5.41, 5.74) is 0.928. The first-order valence-electron chi connectivity index (χ1n) is 8.67. The molecule has 140 valence electrons. The molecule has 1 aromatic rings. The maximum Gasteiger partial charge on any atom is 0.220 e. The average molecular weight is 351 g/mol. The number of benzene rings is 1. The van der Waals surface area contributed by atoms with Gasteiger partial charge in [-0.05, 0) is 18.1 Å². The summed E-state index contributed by atoms with van der Waals surface area (Å²) in [4.78, 5) is 14.5. The van der Waals surface area contributed by atoms with Crippen LogP contribution in [0.1, 0.15) is 12.0 Å². The number of carbonyl (C=O) groups is 1. The second-order valence-corrected chi connectivity index (χ2v) is 5.94. The summed E-state index contributed by atoms with van der Waals surface area (Å²) in [7, 11) is 4.75. The number of aryl methyl sites for hydroxylation is 1. The Bertz CT molecular complexity index is 559. The minimum atomic E-state index is 0.0481. The number of hydrogen-bond donors (Lipinski definition) is 2. The summed E-state index contributed by atoms with van der Waals surface area (Å²) in [6.45, 7) is 5.70. The quantitative estimate of drug-likeness (QED) is 0.681. The third-order valence-corrected chi connectivity index (χ3v) is 4.37. The van der Waals surface area contributed by atoms with Crippen molar-refractivity contribution >= 4 is 5.91 Å². The van der Waals surface area contributed by atoms with Crippen LogP contribution in [0.3, 0.4) is 0 Å². The molecule has 0 spiro atoms. The summed E-state index contributed by atoms with van der Waals surface area (Å²) < 4.78 is 16.1. The molecule has 0 aliphatic carbocycles. The van der Waals surface area contributed by atoms with Gasteiger partial charge in [-0.25, -0.2) is 0 Å². The van der Waals surface area contributed by atoms with E-state index in [4.69, 9.17) is 14.2 Å². The van der Waals surface area contributed by atoms with Gasteiger partial charge in [-0.15, -0.1) is 0 Å². The molecule has 0 aromatic heterocycles. The van der Waals surface area contributed by atoms with Crippen LogP contribution in [-0.2, 0) is 11.2 Å². The largest absolute Gasteiger partial charge is 0.493 e. The monoisotopic (exact) mass is 351 g/mol. The number of rotatable bonds is 9. The zero-order valence-electron chi connectivity index (χ0n) is 15.4. The van der Waals surface area contributed by atoms with Gasteiger partial charge in [0.25, 0.3) is 0 Å². The highest BCUT2D eigenvalue weighted by atomic mass is 16.5. The molecule has 1 aliphatic rings. The Kier molecular flexibility index (Phi) is 7.81. The van der Waals surface area contributed by atoms with E-state index in [9.17, 15) is 4.79 Å². The number of methoxy groups -OCH3 is 3. The summed E-state index contributed by atoms with van der Waals surface area (Å²) >= 11 is 0. The lowest BCUT2D eigenvalue weighted by Gasteiger charge is -2.27. The van der Waals surface area contributed by atoms with Gasteiger partial charge in [-0.3, -0.25) is 9.69 Å². The molecule has 1 saturated heterocycles. The van der Waals surface area contributed by atoms with Gasteiger partial charge in [0.15, 0.2) is 11.5 Å². The van der Waals surface area contributed by atoms with Crippen LogP contribution in [0, 0.1) is 0 Å². The molecule has 1 aromatic carbocycles. The predicted molar refractivity (Wildman–Crippen MR) is 96.7 cm³/mol. The van der Waals surface area contributed by atoms with E-state index < -0.39 is 0 Å². The summed E-state index contributed by atoms with van der Waals surface area (Å²) in [5, 5.41) is 6.31. The van der Waals surface area contributed by atoms with Crippen molar-refractivity contribution in [3.8, 4) is 17.2 Å². The van der Waals surface area contributed by atoms with E-state index in [1.54, 1.807) is 21.3 Å². The van der Waals surface area contributed by atoms with Crippen LogP contribution in [0.25, 0.3) is 0 Å². The molecular formula is C18H29N3O4. The van der Waals surface area contributed by atoms with Crippen molar-refractivity contribution < 1.29 is 19.0 Å². The van der Waals surface area contributed by atoms with Crippen LogP contribution in [-0.4, -0.2) is 71.4 Å². The lowest BCUT2D eigenvalue weighted by molar-refractivity contribution is -0.121. The third kappa shape index (κ3) is 5.51. The lowest BCUT2D eigenvalue weighted by atomic mass is 10.1. The molecule has 2 N–H and O–H groups in total. The van der Waals surface area contributed by atoms with Crippen LogP contribution in [0.4, 0.5) is 0 Å². The van der Waals surface area contributed by atoms with E-state index in [0.29, 0.717) is 36.6 Å². The highest BCUT2D eigenvalue weighted by Crippen LogP contribution is 2.40. The fourth-order valence-electron chi connectivity index (χ4n) is 2.98. The number of nitrogens with zero attached hydrogens (tertiary/aromatic N) is 1. The minimum absolute atomic E-state index is 0.0481. The van der Waals surface area contributed by atoms with Crippen LogP contribution in [0.5, 0.6) is 17.2 Å². The Balaban J connectivity index is 1.82. The number of nitrogens with one attached hydrogen (secondary N) is 2. The van der Waals surface area contributed by atoms with E-state index in [0.717, 1.165) is 38.3 Å². The van der Waals surface area contributed by atoms with Gasteiger partial charge in [0.1, 0.15) is 0 Å². The van der Waals surface area contributed by atoms with Crippen LogP contribution in [0.15, 0.2) is 12.1 Å². The fraction of sp³-hybridized carbons (Fsp3) is 0.611. The second-order valence-electron chi connectivity index (χ2n) is 5.94. The Morgan fingerprint density at radius 3 is 2.48 bits per heavy atom. The van der Waals surface area contributed by atoms with Crippen LogP contribution >= 0.6 is 0 Å². The Morgan fingerprint density at radius 2 is 1.84 bits per heavy atom. The van der Waals surface area contributed by atoms with Gasteiger partial charge in [-0.2, -0.15) is 0 Å². The van der Waals surface area contributed by atoms with E-state index >= 15 is 0 Å². The van der Waals surface area contributed by atoms with Crippen LogP contribution < -0.4 is 24.8 Å². The SMILES string of the molecule is COc1ccc(CCC(=O)NCCN2CCNCC2)c(OC)c1OC. The number of hydrogen-bond acceptors (Lipinski definition) is 6. The molecule has 0 bridgehead atoms. The van der Waals surface area contributed by atoms with E-state index in [-0.39, 0.29) is 5.91 Å². The molecule has 7 nitrogen and oxygen atoms in total. The fourth-order valence-corrected chi connectivity index (χ4v) is 2.98. The molecule has 0 radical (unpaired) electrons. The van der Waals surface area contributed by atoms with Gasteiger partial charge < -0.3 is 24.8 Å². The van der Waals surface area contributed by atoms with Gasteiger partial charge in [0.05, 0.1) is 21.3 Å². The van der Waals surface area contributed by atoms with Gasteiger partial charge in [-0.1, -0.05) is 6.07 Å². The van der Waals surface area contributed by atoms with E-state index in [2.05, 4.69) is 15.5 Å². The standard InChI is InChI=1S/C18H29N3O4/c1-23-15-6-4-14(17(24-2)18(15)25-3)5-7-16(22)20-10-13-21-11-8-19-9-12-21/h4,6,19H,5,7-13H2,1-3H3,(H,20,22). The van der Waals surface area contributed by atoms with Gasteiger partial charge in [0.2, 0.25) is 11.7 Å². The molecule has 1 amide bonds. The molecule has 1 fully saturated rings. The Labute approximate surface area is 149 Å². The van der Waals surface area contributed by atoms with Gasteiger partial charge >= 0.3 is 0 Å². The molecule has 25 heavy (non-hydrogen) atoms. The topological polar surface area (TPSA) is 72.1 Å². The number of piperazine rings is 1. The third-order valence-electron chi connectivity index (χ3n) is 4.37. The van der Waals surface area contributed by atoms with Crippen molar-refractivity contribution in [1.29, 1.82) is 0 Å². The zero-order chi connectivity index (χ0) is 18.1. The maximum absolute atomic E-state index is 12.1. The van der Waals surface area contributed by atoms with E-state index in [1.807, 2.05) is 12.1 Å². The molecule has 1 aliphatic heterocycles. The molecule has 0 saturated carbocycles. The first-order valence-corrected chi connectivity index (χ1v) is 8.67. The van der Waals surface area contributed by atoms with Gasteiger partial charge in [0, 0.05) is 45.7 Å². The van der Waals surface area contributed by atoms with Crippen LogP contribution in [0.2, 0.25) is 0 Å². The Morgan fingerprint density at radius 1 is 1.12 bits per heavy atom. The van der Waals surface area contributed by atoms with E-state index in [1.165, 1.54) is 0 Å². The highest BCUT2D eigenvalue weighted by molar-refractivity contribution is 5.76. The number of carbonyl (C=O) groups excluding carboxylic acids is 1. The zero-order valence-corrected chi connectivity index (χ0v) is 15.4. The van der Waals surface area contributed by atoms with Crippen molar-refractivity contribution in [2.45, 2.75) is 12.8 Å². The normalized spacial score (nSPS) is 14.8. The number of ether oxygens (including phenoxy) is 3. The molecule has 7 heteroatoms. The number of amides is 1. The first kappa shape index (κ1) is 19.3. The molecule has 0 atom stereocenters. The summed E-state index contributed by atoms with van der Waals surface area (Å²) in [6.07, 6.45) is 0.996. The van der Waals surface area contributed by atoms with Crippen molar-refractivity contribution in [3.63, 3.8) is 0 Å². The first-order chi connectivity index (χ1) is 12.2. The molecular weight excluding hydrogens is 322 g/mol. The second kappa shape index (κ2) is 10.1. The maximum atomic E-state index is 12.1. The van der Waals surface area contributed by atoms with Crippen molar-refractivity contribution in [2.75, 3.05) is 60.6 Å². The molecule has 0 unspecified atom stereocenters. The lowest BCUT2D eigenvalue weighted by Crippen LogP contribution is -2.46.